The first-order valence-electron chi connectivity index (χ1n) is 6.03. The Hall–Kier alpha value is -2.28. The lowest BCUT2D eigenvalue weighted by molar-refractivity contribution is -0.117. The van der Waals surface area contributed by atoms with Crippen LogP contribution in [-0.2, 0) is 4.79 Å². The van der Waals surface area contributed by atoms with Crippen molar-refractivity contribution in [2.45, 2.75) is 26.3 Å². The smallest absolute Gasteiger partial charge is 0.241 e. The molecule has 0 unspecified atom stereocenters. The molecule has 1 aromatic carbocycles. The molecule has 100 valence electrons. The van der Waals surface area contributed by atoms with E-state index >= 15 is 0 Å². The number of anilines is 1. The number of hydrogen-bond donors (Lipinski definition) is 2. The molecule has 0 aliphatic heterocycles. The predicted octanol–water partition coefficient (Wildman–Crippen LogP) is 0.647. The Morgan fingerprint density at radius 3 is 2.95 bits per heavy atom. The first-order chi connectivity index (χ1) is 9.11. The molecule has 1 atom stereocenters. The highest BCUT2D eigenvalue weighted by Gasteiger charge is 2.11. The van der Waals surface area contributed by atoms with Gasteiger partial charge in [-0.3, -0.25) is 4.79 Å². The van der Waals surface area contributed by atoms with Crippen LogP contribution in [0, 0.1) is 6.92 Å². The zero-order valence-corrected chi connectivity index (χ0v) is 10.9. The van der Waals surface area contributed by atoms with Crippen LogP contribution in [0.2, 0.25) is 0 Å². The van der Waals surface area contributed by atoms with Gasteiger partial charge in [0, 0.05) is 5.69 Å². The summed E-state index contributed by atoms with van der Waals surface area (Å²) in [6, 6.07) is 6.77. The van der Waals surface area contributed by atoms with Gasteiger partial charge in [-0.05, 0) is 42.0 Å². The van der Waals surface area contributed by atoms with Crippen molar-refractivity contribution in [2.24, 2.45) is 5.73 Å². The van der Waals surface area contributed by atoms with Crippen molar-refractivity contribution < 1.29 is 4.79 Å². The largest absolute Gasteiger partial charge is 0.325 e. The van der Waals surface area contributed by atoms with Crippen molar-refractivity contribution >= 4 is 11.6 Å². The van der Waals surface area contributed by atoms with Gasteiger partial charge in [0.15, 0.2) is 5.82 Å². The van der Waals surface area contributed by atoms with Gasteiger partial charge in [0.05, 0.1) is 11.7 Å². The first-order valence-corrected chi connectivity index (χ1v) is 6.03. The van der Waals surface area contributed by atoms with E-state index in [1.807, 2.05) is 19.1 Å². The topological polar surface area (TPSA) is 98.7 Å². The van der Waals surface area contributed by atoms with Crippen LogP contribution in [0.5, 0.6) is 0 Å². The molecule has 2 rings (SSSR count). The Kier molecular flexibility index (Phi) is 3.86. The van der Waals surface area contributed by atoms with Gasteiger partial charge in [-0.25, -0.2) is 0 Å². The molecule has 0 fully saturated rings. The van der Waals surface area contributed by atoms with Crippen molar-refractivity contribution in [3.63, 3.8) is 0 Å². The third kappa shape index (κ3) is 2.94. The van der Waals surface area contributed by atoms with Crippen molar-refractivity contribution in [1.82, 2.24) is 20.2 Å². The maximum absolute atomic E-state index is 11.7. The minimum absolute atomic E-state index is 0.201. The van der Waals surface area contributed by atoms with Gasteiger partial charge < -0.3 is 11.1 Å². The third-order valence-electron chi connectivity index (χ3n) is 2.76. The molecular weight excluding hydrogens is 244 g/mol. The van der Waals surface area contributed by atoms with Crippen LogP contribution in [-0.4, -0.2) is 32.2 Å². The molecule has 0 saturated heterocycles. The number of nitrogens with two attached hydrogens (primary N) is 1. The van der Waals surface area contributed by atoms with Crippen LogP contribution in [0.25, 0.3) is 5.69 Å². The van der Waals surface area contributed by atoms with E-state index in [1.165, 1.54) is 0 Å². The second-order valence-electron chi connectivity index (χ2n) is 4.19. The summed E-state index contributed by atoms with van der Waals surface area (Å²) < 4.78 is 1.59. The van der Waals surface area contributed by atoms with Gasteiger partial charge in [0.2, 0.25) is 5.91 Å². The lowest BCUT2D eigenvalue weighted by Crippen LogP contribution is -2.34. The molecule has 0 radical (unpaired) electrons. The van der Waals surface area contributed by atoms with Gasteiger partial charge in [0.25, 0.3) is 0 Å². The highest BCUT2D eigenvalue weighted by Crippen LogP contribution is 2.14. The van der Waals surface area contributed by atoms with Crippen LogP contribution in [0.15, 0.2) is 24.3 Å². The quantitative estimate of drug-likeness (QED) is 0.840. The van der Waals surface area contributed by atoms with Crippen molar-refractivity contribution in [2.75, 3.05) is 5.32 Å². The summed E-state index contributed by atoms with van der Waals surface area (Å²) >= 11 is 0. The molecule has 2 aromatic rings. The molecule has 1 heterocycles. The van der Waals surface area contributed by atoms with Crippen LogP contribution in [0.3, 0.4) is 0 Å². The van der Waals surface area contributed by atoms with E-state index in [4.69, 9.17) is 5.73 Å². The average Bonchev–Trinajstić information content (AvgIpc) is 2.84. The van der Waals surface area contributed by atoms with Crippen LogP contribution >= 0.6 is 0 Å². The lowest BCUT2D eigenvalue weighted by Gasteiger charge is -2.11. The van der Waals surface area contributed by atoms with Gasteiger partial charge in [-0.2, -0.15) is 4.68 Å². The van der Waals surface area contributed by atoms with E-state index in [1.54, 1.807) is 23.7 Å². The number of amides is 1. The molecule has 0 saturated carbocycles. The minimum Gasteiger partial charge on any atom is -0.325 e. The molecule has 1 aromatic heterocycles. The Balaban J connectivity index is 2.21. The summed E-state index contributed by atoms with van der Waals surface area (Å²) in [5.41, 5.74) is 7.12. The molecule has 3 N–H and O–H groups in total. The number of nitrogens with zero attached hydrogens (tertiary/aromatic N) is 4. The lowest BCUT2D eigenvalue weighted by atomic mass is 10.2. The fourth-order valence-electron chi connectivity index (χ4n) is 1.61. The second-order valence-corrected chi connectivity index (χ2v) is 4.19. The van der Waals surface area contributed by atoms with E-state index in [0.717, 1.165) is 5.69 Å². The van der Waals surface area contributed by atoms with E-state index < -0.39 is 6.04 Å². The summed E-state index contributed by atoms with van der Waals surface area (Å²) in [7, 11) is 0. The van der Waals surface area contributed by atoms with Crippen molar-refractivity contribution in [3.05, 3.63) is 30.1 Å². The normalized spacial score (nSPS) is 12.2. The number of hydrogen-bond acceptors (Lipinski definition) is 5. The Morgan fingerprint density at radius 1 is 1.53 bits per heavy atom. The van der Waals surface area contributed by atoms with E-state index in [9.17, 15) is 4.79 Å². The van der Waals surface area contributed by atoms with E-state index in [2.05, 4.69) is 20.8 Å². The Morgan fingerprint density at radius 2 is 2.32 bits per heavy atom. The van der Waals surface area contributed by atoms with Gasteiger partial charge in [0.1, 0.15) is 0 Å². The molecule has 0 spiro atoms. The molecule has 19 heavy (non-hydrogen) atoms. The Labute approximate surface area is 110 Å². The fourth-order valence-corrected chi connectivity index (χ4v) is 1.61. The zero-order valence-electron chi connectivity index (χ0n) is 10.9. The van der Waals surface area contributed by atoms with Gasteiger partial charge in [-0.15, -0.1) is 5.10 Å². The number of nitrogens with one attached hydrogen (secondary N) is 1. The Bertz CT molecular complexity index is 579. The zero-order chi connectivity index (χ0) is 13.8. The number of benzene rings is 1. The monoisotopic (exact) mass is 260 g/mol. The van der Waals surface area contributed by atoms with Crippen molar-refractivity contribution in [3.8, 4) is 5.69 Å². The van der Waals surface area contributed by atoms with E-state index in [-0.39, 0.29) is 5.91 Å². The van der Waals surface area contributed by atoms with Crippen LogP contribution in [0.1, 0.15) is 19.2 Å². The number of carbonyl (C=O) groups is 1. The number of carbonyl (C=O) groups excluding carboxylic acids is 1. The standard InChI is InChI=1S/C12H16N6O/c1-3-11(13)12(19)14-9-5-4-6-10(7-9)18-8(2)15-16-17-18/h4-7,11H,3,13H2,1-2H3,(H,14,19)/t11-/m0/s1. The summed E-state index contributed by atoms with van der Waals surface area (Å²) in [5, 5.41) is 14.0. The van der Waals surface area contributed by atoms with Crippen LogP contribution < -0.4 is 11.1 Å². The number of aromatic nitrogens is 4. The maximum atomic E-state index is 11.7. The first kappa shape index (κ1) is 13.2. The van der Waals surface area contributed by atoms with Gasteiger partial charge in [-0.1, -0.05) is 13.0 Å². The molecular formula is C12H16N6O. The molecule has 7 nitrogen and oxygen atoms in total. The molecule has 0 aliphatic carbocycles. The SMILES string of the molecule is CC[C@H](N)C(=O)Nc1cccc(-n2nnnc2C)c1. The van der Waals surface area contributed by atoms with Crippen molar-refractivity contribution in [1.29, 1.82) is 0 Å². The predicted molar refractivity (Wildman–Crippen MR) is 70.8 cm³/mol. The third-order valence-corrected chi connectivity index (χ3v) is 2.76. The number of rotatable bonds is 4. The maximum Gasteiger partial charge on any atom is 0.241 e. The highest BCUT2D eigenvalue weighted by atomic mass is 16.2. The molecule has 7 heteroatoms. The van der Waals surface area contributed by atoms with Gasteiger partial charge >= 0.3 is 0 Å². The highest BCUT2D eigenvalue weighted by molar-refractivity contribution is 5.94. The summed E-state index contributed by atoms with van der Waals surface area (Å²) in [4.78, 5) is 11.7. The summed E-state index contributed by atoms with van der Waals surface area (Å²) in [6.07, 6.45) is 0.595. The van der Waals surface area contributed by atoms with Crippen LogP contribution in [0.4, 0.5) is 5.69 Å². The molecule has 0 bridgehead atoms. The molecule has 0 aliphatic rings. The number of tetrazole rings is 1. The number of aryl methyl sites for hydroxylation is 1. The second kappa shape index (κ2) is 5.57. The summed E-state index contributed by atoms with van der Waals surface area (Å²) in [5.74, 6) is 0.474. The minimum atomic E-state index is -0.501. The average molecular weight is 260 g/mol. The molecule has 1 amide bonds. The fraction of sp³-hybridized carbons (Fsp3) is 0.333. The van der Waals surface area contributed by atoms with E-state index in [0.29, 0.717) is 17.9 Å². The summed E-state index contributed by atoms with van der Waals surface area (Å²) in [6.45, 7) is 3.67.